The van der Waals surface area contributed by atoms with Crippen LogP contribution in [0.4, 0.5) is 4.39 Å². The Morgan fingerprint density at radius 3 is 2.54 bits per heavy atom. The molecule has 3 N–H and O–H groups in total. The predicted molar refractivity (Wildman–Crippen MR) is 96.3 cm³/mol. The molecule has 0 spiro atoms. The number of phenols is 1. The van der Waals surface area contributed by atoms with E-state index in [1.165, 1.54) is 18.2 Å². The molecule has 0 aromatic heterocycles. The summed E-state index contributed by atoms with van der Waals surface area (Å²) < 4.78 is 12.8. The molecule has 0 radical (unpaired) electrons. The lowest BCUT2D eigenvalue weighted by atomic mass is 10.1. The highest BCUT2D eigenvalue weighted by atomic mass is 19.1. The Bertz CT molecular complexity index is 832. The third-order valence-corrected chi connectivity index (χ3v) is 3.65. The largest absolute Gasteiger partial charge is 0.507 e. The smallest absolute Gasteiger partial charge is 0.275 e. The van der Waals surface area contributed by atoms with E-state index >= 15 is 0 Å². The number of hydrazone groups is 1. The van der Waals surface area contributed by atoms with Gasteiger partial charge in [-0.2, -0.15) is 5.10 Å². The van der Waals surface area contributed by atoms with E-state index in [1.54, 1.807) is 38.1 Å². The zero-order valence-electron chi connectivity index (χ0n) is 14.5. The summed E-state index contributed by atoms with van der Waals surface area (Å²) in [7, 11) is 0. The van der Waals surface area contributed by atoms with Crippen LogP contribution in [0.1, 0.15) is 34.8 Å². The molecule has 0 aliphatic heterocycles. The molecule has 26 heavy (non-hydrogen) atoms. The molecular weight excluding hydrogens is 337 g/mol. The van der Waals surface area contributed by atoms with E-state index in [2.05, 4.69) is 15.8 Å². The van der Waals surface area contributed by atoms with Crippen molar-refractivity contribution in [2.75, 3.05) is 0 Å². The maximum Gasteiger partial charge on any atom is 0.275 e. The summed E-state index contributed by atoms with van der Waals surface area (Å²) in [5.74, 6) is -1.27. The Morgan fingerprint density at radius 2 is 1.85 bits per heavy atom. The minimum absolute atomic E-state index is 0.00126. The highest BCUT2D eigenvalue weighted by Crippen LogP contribution is 2.20. The van der Waals surface area contributed by atoms with Crippen LogP contribution in [0.15, 0.2) is 47.6 Å². The fraction of sp³-hybridized carbons (Fsp3) is 0.211. The fourth-order valence-electron chi connectivity index (χ4n) is 2.19. The molecule has 0 aliphatic rings. The second-order valence-corrected chi connectivity index (χ2v) is 5.84. The van der Waals surface area contributed by atoms with Crippen molar-refractivity contribution >= 4 is 17.5 Å². The van der Waals surface area contributed by atoms with E-state index in [0.29, 0.717) is 11.3 Å². The number of aryl methyl sites for hydroxylation is 1. The van der Waals surface area contributed by atoms with Crippen molar-refractivity contribution in [2.45, 2.75) is 26.8 Å². The van der Waals surface area contributed by atoms with E-state index in [9.17, 15) is 19.1 Å². The average Bonchev–Trinajstić information content (AvgIpc) is 2.61. The number of amides is 2. The van der Waals surface area contributed by atoms with Gasteiger partial charge in [-0.05, 0) is 43.2 Å². The van der Waals surface area contributed by atoms with Crippen molar-refractivity contribution < 1.29 is 19.1 Å². The minimum Gasteiger partial charge on any atom is -0.507 e. The maximum atomic E-state index is 12.8. The molecule has 2 aromatic rings. The lowest BCUT2D eigenvalue weighted by Gasteiger charge is -2.07. The van der Waals surface area contributed by atoms with Crippen LogP contribution in [0.5, 0.6) is 5.75 Å². The van der Waals surface area contributed by atoms with Crippen molar-refractivity contribution in [3.8, 4) is 5.75 Å². The molecule has 2 rings (SSSR count). The van der Waals surface area contributed by atoms with Crippen molar-refractivity contribution in [3.63, 3.8) is 0 Å². The molecule has 136 valence electrons. The number of hydrogen-bond acceptors (Lipinski definition) is 4. The first-order valence-electron chi connectivity index (χ1n) is 8.00. The zero-order chi connectivity index (χ0) is 19.1. The number of nitrogens with one attached hydrogen (secondary N) is 2. The topological polar surface area (TPSA) is 90.8 Å². The number of hydrogen-bond donors (Lipinski definition) is 3. The van der Waals surface area contributed by atoms with Crippen LogP contribution in [0.2, 0.25) is 0 Å². The SMILES string of the molecule is CC(CC(=O)NCc1ccc(F)cc1)=NNC(=O)c1cccc(C)c1O. The van der Waals surface area contributed by atoms with E-state index in [0.717, 1.165) is 5.56 Å². The van der Waals surface area contributed by atoms with Crippen molar-refractivity contribution in [2.24, 2.45) is 5.10 Å². The van der Waals surface area contributed by atoms with Gasteiger partial charge in [0.15, 0.2) is 0 Å². The van der Waals surface area contributed by atoms with Gasteiger partial charge in [0.25, 0.3) is 5.91 Å². The second-order valence-electron chi connectivity index (χ2n) is 5.84. The van der Waals surface area contributed by atoms with Crippen molar-refractivity contribution in [1.29, 1.82) is 0 Å². The van der Waals surface area contributed by atoms with Crippen molar-refractivity contribution in [1.82, 2.24) is 10.7 Å². The summed E-state index contributed by atoms with van der Waals surface area (Å²) in [6.07, 6.45) is 0.00126. The first-order valence-corrected chi connectivity index (χ1v) is 8.00. The van der Waals surface area contributed by atoms with Crippen LogP contribution < -0.4 is 10.7 Å². The van der Waals surface area contributed by atoms with Crippen LogP contribution in [0, 0.1) is 12.7 Å². The molecule has 0 heterocycles. The molecule has 0 bridgehead atoms. The third kappa shape index (κ3) is 5.41. The molecule has 7 heteroatoms. The monoisotopic (exact) mass is 357 g/mol. The number of halogens is 1. The number of nitrogens with zero attached hydrogens (tertiary/aromatic N) is 1. The number of rotatable bonds is 6. The normalized spacial score (nSPS) is 11.1. The zero-order valence-corrected chi connectivity index (χ0v) is 14.5. The maximum absolute atomic E-state index is 12.8. The van der Waals surface area contributed by atoms with Crippen LogP contribution >= 0.6 is 0 Å². The highest BCUT2D eigenvalue weighted by molar-refractivity contribution is 6.01. The van der Waals surface area contributed by atoms with Gasteiger partial charge in [0, 0.05) is 12.3 Å². The summed E-state index contributed by atoms with van der Waals surface area (Å²) in [5.41, 5.74) is 4.19. The molecule has 2 aromatic carbocycles. The Morgan fingerprint density at radius 1 is 1.15 bits per heavy atom. The first-order chi connectivity index (χ1) is 12.4. The van der Waals surface area contributed by atoms with E-state index in [1.807, 2.05) is 0 Å². The quantitative estimate of drug-likeness (QED) is 0.548. The van der Waals surface area contributed by atoms with Crippen LogP contribution in [-0.4, -0.2) is 22.6 Å². The summed E-state index contributed by atoms with van der Waals surface area (Å²) in [6, 6.07) is 10.7. The summed E-state index contributed by atoms with van der Waals surface area (Å²) in [4.78, 5) is 23.9. The molecule has 6 nitrogen and oxygen atoms in total. The minimum atomic E-state index is -0.558. The number of aromatic hydroxyl groups is 1. The van der Waals surface area contributed by atoms with Gasteiger partial charge in [-0.25, -0.2) is 9.82 Å². The number of benzene rings is 2. The van der Waals surface area contributed by atoms with Gasteiger partial charge in [0.2, 0.25) is 5.91 Å². The van der Waals surface area contributed by atoms with Crippen molar-refractivity contribution in [3.05, 3.63) is 65.0 Å². The van der Waals surface area contributed by atoms with E-state index in [4.69, 9.17) is 0 Å². The standard InChI is InChI=1S/C19H20FN3O3/c1-12-4-3-5-16(18(12)25)19(26)23-22-13(2)10-17(24)21-11-14-6-8-15(20)9-7-14/h3-9,25H,10-11H2,1-2H3,(H,21,24)(H,23,26). The Kier molecular flexibility index (Phi) is 6.43. The third-order valence-electron chi connectivity index (χ3n) is 3.65. The molecule has 2 amide bonds. The first kappa shape index (κ1) is 19.1. The predicted octanol–water partition coefficient (Wildman–Crippen LogP) is 2.65. The van der Waals surface area contributed by atoms with Gasteiger partial charge in [0.1, 0.15) is 11.6 Å². The summed E-state index contributed by atoms with van der Waals surface area (Å²) in [5, 5.41) is 16.4. The fourth-order valence-corrected chi connectivity index (χ4v) is 2.19. The van der Waals surface area contributed by atoms with Crippen LogP contribution in [0.25, 0.3) is 0 Å². The molecular formula is C19H20FN3O3. The van der Waals surface area contributed by atoms with E-state index in [-0.39, 0.29) is 36.0 Å². The lowest BCUT2D eigenvalue weighted by Crippen LogP contribution is -2.26. The van der Waals surface area contributed by atoms with Gasteiger partial charge in [0.05, 0.1) is 12.0 Å². The van der Waals surface area contributed by atoms with Crippen LogP contribution in [-0.2, 0) is 11.3 Å². The number of para-hydroxylation sites is 1. The molecule has 0 unspecified atom stereocenters. The molecule has 0 aliphatic carbocycles. The Hall–Kier alpha value is -3.22. The number of phenolic OH excluding ortho intramolecular Hbond substituents is 1. The van der Waals surface area contributed by atoms with Gasteiger partial charge >= 0.3 is 0 Å². The molecule has 0 saturated carbocycles. The Balaban J connectivity index is 1.85. The summed E-state index contributed by atoms with van der Waals surface area (Å²) in [6.45, 7) is 3.57. The highest BCUT2D eigenvalue weighted by Gasteiger charge is 2.12. The van der Waals surface area contributed by atoms with Gasteiger partial charge < -0.3 is 10.4 Å². The Labute approximate surface area is 150 Å². The lowest BCUT2D eigenvalue weighted by molar-refractivity contribution is -0.120. The average molecular weight is 357 g/mol. The molecule has 0 saturated heterocycles. The number of carbonyl (C=O) groups excluding carboxylic acids is 2. The van der Waals surface area contributed by atoms with Gasteiger partial charge in [-0.15, -0.1) is 0 Å². The van der Waals surface area contributed by atoms with Crippen LogP contribution in [0.3, 0.4) is 0 Å². The van der Waals surface area contributed by atoms with Gasteiger partial charge in [-0.3, -0.25) is 9.59 Å². The van der Waals surface area contributed by atoms with Gasteiger partial charge in [-0.1, -0.05) is 24.3 Å². The molecule has 0 atom stereocenters. The number of carbonyl (C=O) groups is 2. The summed E-state index contributed by atoms with van der Waals surface area (Å²) >= 11 is 0. The van der Waals surface area contributed by atoms with E-state index < -0.39 is 5.91 Å². The molecule has 0 fully saturated rings. The second kappa shape index (κ2) is 8.75.